The van der Waals surface area contributed by atoms with Gasteiger partial charge in [-0.1, -0.05) is 17.7 Å². The molecule has 0 fully saturated rings. The normalized spacial score (nSPS) is 12.2. The van der Waals surface area contributed by atoms with Crippen molar-refractivity contribution in [3.8, 4) is 5.75 Å². The van der Waals surface area contributed by atoms with E-state index in [9.17, 15) is 13.2 Å². The Morgan fingerprint density at radius 2 is 1.59 bits per heavy atom. The van der Waals surface area contributed by atoms with Crippen molar-refractivity contribution in [1.29, 1.82) is 0 Å². The summed E-state index contributed by atoms with van der Waals surface area (Å²) in [5, 5.41) is 3.26. The molecular formula is C23H22BrClN2O4S. The van der Waals surface area contributed by atoms with Crippen molar-refractivity contribution in [2.75, 3.05) is 10.0 Å². The van der Waals surface area contributed by atoms with Crippen molar-refractivity contribution in [1.82, 2.24) is 0 Å². The number of halogens is 2. The molecule has 0 heterocycles. The predicted molar refractivity (Wildman–Crippen MR) is 131 cm³/mol. The van der Waals surface area contributed by atoms with Gasteiger partial charge in [0.15, 0.2) is 6.10 Å². The number of anilines is 2. The second kappa shape index (κ2) is 9.94. The van der Waals surface area contributed by atoms with Crippen LogP contribution in [0.15, 0.2) is 70.0 Å². The first-order chi connectivity index (χ1) is 15.0. The Labute approximate surface area is 201 Å². The van der Waals surface area contributed by atoms with E-state index in [0.717, 1.165) is 11.1 Å². The number of hydrogen-bond donors (Lipinski definition) is 2. The van der Waals surface area contributed by atoms with Crippen molar-refractivity contribution < 1.29 is 17.9 Å². The third-order valence-corrected chi connectivity index (χ3v) is 6.72. The van der Waals surface area contributed by atoms with Crippen molar-refractivity contribution in [3.63, 3.8) is 0 Å². The number of amides is 1. The van der Waals surface area contributed by atoms with Gasteiger partial charge in [-0.2, -0.15) is 0 Å². The van der Waals surface area contributed by atoms with Gasteiger partial charge in [-0.05, 0) is 102 Å². The Balaban J connectivity index is 1.66. The number of nitrogens with one attached hydrogen (secondary N) is 2. The molecule has 0 aliphatic carbocycles. The maximum absolute atomic E-state index is 12.7. The molecular weight excluding hydrogens is 516 g/mol. The van der Waals surface area contributed by atoms with E-state index in [1.165, 1.54) is 24.3 Å². The molecule has 0 aliphatic heterocycles. The number of aryl methyl sites for hydroxylation is 2. The summed E-state index contributed by atoms with van der Waals surface area (Å²) in [7, 11) is -3.76. The molecule has 1 atom stereocenters. The first-order valence-electron chi connectivity index (χ1n) is 9.67. The van der Waals surface area contributed by atoms with Crippen molar-refractivity contribution in [3.05, 3.63) is 81.3 Å². The molecule has 9 heteroatoms. The smallest absolute Gasteiger partial charge is 0.265 e. The molecule has 0 radical (unpaired) electrons. The van der Waals surface area contributed by atoms with Crippen molar-refractivity contribution in [2.24, 2.45) is 0 Å². The molecule has 32 heavy (non-hydrogen) atoms. The minimum Gasteiger partial charge on any atom is -0.480 e. The molecule has 3 aromatic rings. The Morgan fingerprint density at radius 3 is 2.19 bits per heavy atom. The largest absolute Gasteiger partial charge is 0.480 e. The third-order valence-electron chi connectivity index (χ3n) is 4.47. The second-order valence-corrected chi connectivity index (χ2v) is 10.3. The average molecular weight is 538 g/mol. The summed E-state index contributed by atoms with van der Waals surface area (Å²) in [6.07, 6.45) is -0.790. The molecule has 168 valence electrons. The van der Waals surface area contributed by atoms with Gasteiger partial charge in [-0.25, -0.2) is 8.42 Å². The minimum atomic E-state index is -3.76. The summed E-state index contributed by atoms with van der Waals surface area (Å²) in [4.78, 5) is 12.6. The molecule has 0 aromatic heterocycles. The van der Waals surface area contributed by atoms with Gasteiger partial charge < -0.3 is 10.1 Å². The van der Waals surface area contributed by atoms with Gasteiger partial charge in [0.2, 0.25) is 0 Å². The van der Waals surface area contributed by atoms with Crippen LogP contribution >= 0.6 is 27.5 Å². The lowest BCUT2D eigenvalue weighted by Crippen LogP contribution is -2.30. The number of carbonyl (C=O) groups excluding carboxylic acids is 1. The van der Waals surface area contributed by atoms with E-state index in [1.807, 2.05) is 19.9 Å². The summed E-state index contributed by atoms with van der Waals surface area (Å²) in [5.74, 6) is 0.103. The van der Waals surface area contributed by atoms with Gasteiger partial charge in [0.1, 0.15) is 5.75 Å². The highest BCUT2D eigenvalue weighted by molar-refractivity contribution is 9.10. The first-order valence-corrected chi connectivity index (χ1v) is 12.3. The molecule has 1 unspecified atom stereocenters. The molecule has 3 aromatic carbocycles. The standard InChI is InChI=1S/C23H22BrClN2O4S/c1-14-10-15(2)12-19(11-14)27-32(29,30)20-7-5-18(6-8-20)26-23(28)16(3)31-22-9-4-17(25)13-21(22)24/h4-13,16,27H,1-3H3,(H,26,28). The van der Waals surface area contributed by atoms with Crippen LogP contribution in [0.5, 0.6) is 5.75 Å². The van der Waals surface area contributed by atoms with Gasteiger partial charge in [0, 0.05) is 16.4 Å². The van der Waals surface area contributed by atoms with Crippen LogP contribution in [0.1, 0.15) is 18.1 Å². The fourth-order valence-electron chi connectivity index (χ4n) is 3.02. The van der Waals surface area contributed by atoms with Crippen LogP contribution in [0.2, 0.25) is 5.02 Å². The third kappa shape index (κ3) is 6.25. The lowest BCUT2D eigenvalue weighted by atomic mass is 10.1. The highest BCUT2D eigenvalue weighted by atomic mass is 79.9. The summed E-state index contributed by atoms with van der Waals surface area (Å²) < 4.78 is 34.3. The zero-order chi connectivity index (χ0) is 23.5. The fraction of sp³-hybridized carbons (Fsp3) is 0.174. The van der Waals surface area contributed by atoms with Crippen molar-refractivity contribution >= 4 is 54.8 Å². The van der Waals surface area contributed by atoms with Gasteiger partial charge in [-0.15, -0.1) is 0 Å². The maximum Gasteiger partial charge on any atom is 0.265 e. The summed E-state index contributed by atoms with van der Waals surface area (Å²) in [5.41, 5.74) is 2.87. The SMILES string of the molecule is Cc1cc(C)cc(NS(=O)(=O)c2ccc(NC(=O)C(C)Oc3ccc(Cl)cc3Br)cc2)c1. The second-order valence-electron chi connectivity index (χ2n) is 7.33. The molecule has 1 amide bonds. The van der Waals surface area contributed by atoms with Crippen LogP contribution in [0.3, 0.4) is 0 Å². The molecule has 0 saturated carbocycles. The molecule has 3 rings (SSSR count). The van der Waals surface area contributed by atoms with E-state index in [2.05, 4.69) is 26.0 Å². The lowest BCUT2D eigenvalue weighted by Gasteiger charge is -2.16. The molecule has 0 aliphatic rings. The van der Waals surface area contributed by atoms with Gasteiger partial charge >= 0.3 is 0 Å². The van der Waals surface area contributed by atoms with Crippen LogP contribution in [-0.2, 0) is 14.8 Å². The van der Waals surface area contributed by atoms with E-state index in [4.69, 9.17) is 16.3 Å². The van der Waals surface area contributed by atoms with Crippen LogP contribution in [0.25, 0.3) is 0 Å². The molecule has 2 N–H and O–H groups in total. The lowest BCUT2D eigenvalue weighted by molar-refractivity contribution is -0.122. The highest BCUT2D eigenvalue weighted by Crippen LogP contribution is 2.29. The first kappa shape index (κ1) is 24.1. The molecule has 0 spiro atoms. The summed E-state index contributed by atoms with van der Waals surface area (Å²) >= 11 is 9.26. The Kier molecular flexibility index (Phi) is 7.48. The van der Waals surface area contributed by atoms with E-state index in [1.54, 1.807) is 37.3 Å². The molecule has 0 bridgehead atoms. The number of carbonyl (C=O) groups is 1. The minimum absolute atomic E-state index is 0.0871. The van der Waals surface area contributed by atoms with E-state index in [0.29, 0.717) is 26.6 Å². The number of ether oxygens (including phenoxy) is 1. The van der Waals surface area contributed by atoms with Gasteiger partial charge in [-0.3, -0.25) is 9.52 Å². The van der Waals surface area contributed by atoms with Gasteiger partial charge in [0.25, 0.3) is 15.9 Å². The predicted octanol–water partition coefficient (Wildman–Crippen LogP) is 5.93. The quantitative estimate of drug-likeness (QED) is 0.391. The van der Waals surface area contributed by atoms with Gasteiger partial charge in [0.05, 0.1) is 9.37 Å². The topological polar surface area (TPSA) is 84.5 Å². The molecule has 6 nitrogen and oxygen atoms in total. The Bertz CT molecular complexity index is 1230. The Morgan fingerprint density at radius 1 is 0.969 bits per heavy atom. The highest BCUT2D eigenvalue weighted by Gasteiger charge is 2.18. The molecule has 0 saturated heterocycles. The maximum atomic E-state index is 12.7. The number of sulfonamides is 1. The zero-order valence-electron chi connectivity index (χ0n) is 17.6. The van der Waals surface area contributed by atoms with E-state index in [-0.39, 0.29) is 10.8 Å². The van der Waals surface area contributed by atoms with Crippen molar-refractivity contribution in [2.45, 2.75) is 31.8 Å². The van der Waals surface area contributed by atoms with Crippen LogP contribution in [0, 0.1) is 13.8 Å². The fourth-order valence-corrected chi connectivity index (χ4v) is 4.84. The average Bonchev–Trinajstić information content (AvgIpc) is 2.69. The van der Waals surface area contributed by atoms with Crippen LogP contribution < -0.4 is 14.8 Å². The van der Waals surface area contributed by atoms with Crippen LogP contribution in [0.4, 0.5) is 11.4 Å². The zero-order valence-corrected chi connectivity index (χ0v) is 20.8. The number of rotatable bonds is 7. The van der Waals surface area contributed by atoms with E-state index >= 15 is 0 Å². The number of hydrogen-bond acceptors (Lipinski definition) is 4. The number of benzene rings is 3. The summed E-state index contributed by atoms with van der Waals surface area (Å²) in [6, 6.07) is 16.4. The van der Waals surface area contributed by atoms with Crippen LogP contribution in [-0.4, -0.2) is 20.4 Å². The monoisotopic (exact) mass is 536 g/mol. The summed E-state index contributed by atoms with van der Waals surface area (Å²) in [6.45, 7) is 5.42. The van der Waals surface area contributed by atoms with E-state index < -0.39 is 16.1 Å². The Hall–Kier alpha value is -2.55.